The molecule has 0 saturated heterocycles. The highest BCUT2D eigenvalue weighted by Crippen LogP contribution is 2.29. The smallest absolute Gasteiger partial charge is 0.143 e. The molecule has 2 aromatic rings. The van der Waals surface area contributed by atoms with Crippen LogP contribution in [-0.2, 0) is 0 Å². The molecular weight excluding hydrogens is 262 g/mol. The molecule has 1 aliphatic carbocycles. The van der Waals surface area contributed by atoms with Crippen LogP contribution >= 0.6 is 0 Å². The zero-order chi connectivity index (χ0) is 14.7. The summed E-state index contributed by atoms with van der Waals surface area (Å²) in [6.45, 7) is 5.56. The highest BCUT2D eigenvalue weighted by Gasteiger charge is 2.18. The van der Waals surface area contributed by atoms with Crippen LogP contribution in [-0.4, -0.2) is 26.8 Å². The van der Waals surface area contributed by atoms with Crippen molar-refractivity contribution >= 4 is 5.69 Å². The molecule has 0 radical (unpaired) electrons. The Morgan fingerprint density at radius 3 is 2.76 bits per heavy atom. The number of aryl methyl sites for hydroxylation is 1. The summed E-state index contributed by atoms with van der Waals surface area (Å²) in [7, 11) is 0. The van der Waals surface area contributed by atoms with Crippen molar-refractivity contribution in [2.75, 3.05) is 11.9 Å². The monoisotopic (exact) mass is 285 g/mol. The van der Waals surface area contributed by atoms with Crippen molar-refractivity contribution in [3.05, 3.63) is 30.1 Å². The summed E-state index contributed by atoms with van der Waals surface area (Å²) in [5.74, 6) is 1.71. The maximum atomic E-state index is 3.94. The molecular formula is C16H23N5. The Balaban J connectivity index is 1.66. The van der Waals surface area contributed by atoms with E-state index in [-0.39, 0.29) is 0 Å². The molecule has 3 rings (SSSR count). The molecule has 0 amide bonds. The van der Waals surface area contributed by atoms with Gasteiger partial charge in [-0.2, -0.15) is 0 Å². The number of nitrogens with one attached hydrogen (secondary N) is 1. The number of aromatic nitrogens is 4. The summed E-state index contributed by atoms with van der Waals surface area (Å²) in [5.41, 5.74) is 3.43. The number of rotatable bonds is 4. The molecule has 21 heavy (non-hydrogen) atoms. The van der Waals surface area contributed by atoms with Gasteiger partial charge in [0.1, 0.15) is 6.33 Å². The predicted molar refractivity (Wildman–Crippen MR) is 83.5 cm³/mol. The van der Waals surface area contributed by atoms with Crippen molar-refractivity contribution in [1.82, 2.24) is 20.2 Å². The van der Waals surface area contributed by atoms with E-state index in [1.165, 1.54) is 36.9 Å². The van der Waals surface area contributed by atoms with Crippen LogP contribution in [0.3, 0.4) is 0 Å². The van der Waals surface area contributed by atoms with E-state index in [1.54, 1.807) is 11.0 Å². The van der Waals surface area contributed by atoms with E-state index in [2.05, 4.69) is 46.8 Å². The van der Waals surface area contributed by atoms with E-state index in [4.69, 9.17) is 0 Å². The molecule has 1 fully saturated rings. The SMILES string of the molecule is Cc1ccc(-n2cnnn2)cc1NCC1CCC(C)CC1. The Morgan fingerprint density at radius 2 is 2.05 bits per heavy atom. The number of benzene rings is 1. The fraction of sp³-hybridized carbons (Fsp3) is 0.562. The summed E-state index contributed by atoms with van der Waals surface area (Å²) >= 11 is 0. The molecule has 1 aliphatic rings. The van der Waals surface area contributed by atoms with Gasteiger partial charge in [0.25, 0.3) is 0 Å². The average molecular weight is 285 g/mol. The Kier molecular flexibility index (Phi) is 4.18. The van der Waals surface area contributed by atoms with E-state index in [0.29, 0.717) is 0 Å². The second kappa shape index (κ2) is 6.24. The normalized spacial score (nSPS) is 22.2. The lowest BCUT2D eigenvalue weighted by Gasteiger charge is -2.27. The van der Waals surface area contributed by atoms with Gasteiger partial charge in [0.15, 0.2) is 0 Å². The van der Waals surface area contributed by atoms with E-state index < -0.39 is 0 Å². The average Bonchev–Trinajstić information content (AvgIpc) is 3.02. The fourth-order valence-corrected chi connectivity index (χ4v) is 3.01. The van der Waals surface area contributed by atoms with Crippen LogP contribution in [0.5, 0.6) is 0 Å². The third-order valence-electron chi connectivity index (χ3n) is 4.55. The number of nitrogens with zero attached hydrogens (tertiary/aromatic N) is 4. The van der Waals surface area contributed by atoms with Crippen molar-refractivity contribution in [2.45, 2.75) is 39.5 Å². The minimum atomic E-state index is 0.803. The number of hydrogen-bond acceptors (Lipinski definition) is 4. The standard InChI is InChI=1S/C16H23N5/c1-12-3-6-14(7-4-12)10-17-16-9-15(8-5-13(16)2)21-11-18-19-20-21/h5,8-9,11-12,14,17H,3-4,6-7,10H2,1-2H3. The summed E-state index contributed by atoms with van der Waals surface area (Å²) in [5, 5.41) is 14.9. The third kappa shape index (κ3) is 3.40. The zero-order valence-corrected chi connectivity index (χ0v) is 12.8. The van der Waals surface area contributed by atoms with Crippen LogP contribution < -0.4 is 5.32 Å². The Bertz CT molecular complexity index is 570. The first kappa shape index (κ1) is 14.0. The van der Waals surface area contributed by atoms with Gasteiger partial charge < -0.3 is 5.32 Å². The first-order chi connectivity index (χ1) is 10.2. The maximum Gasteiger partial charge on any atom is 0.143 e. The van der Waals surface area contributed by atoms with E-state index >= 15 is 0 Å². The van der Waals surface area contributed by atoms with Crippen LogP contribution in [0, 0.1) is 18.8 Å². The molecule has 0 unspecified atom stereocenters. The molecule has 1 saturated carbocycles. The van der Waals surface area contributed by atoms with Crippen LogP contribution in [0.4, 0.5) is 5.69 Å². The lowest BCUT2D eigenvalue weighted by Crippen LogP contribution is -2.20. The molecule has 5 heteroatoms. The van der Waals surface area contributed by atoms with Gasteiger partial charge in [-0.1, -0.05) is 25.8 Å². The Hall–Kier alpha value is -1.91. The highest BCUT2D eigenvalue weighted by molar-refractivity contribution is 5.56. The van der Waals surface area contributed by atoms with E-state index in [9.17, 15) is 0 Å². The minimum Gasteiger partial charge on any atom is -0.384 e. The molecule has 5 nitrogen and oxygen atoms in total. The van der Waals surface area contributed by atoms with Crippen molar-refractivity contribution in [3.8, 4) is 5.69 Å². The molecule has 0 bridgehead atoms. The third-order valence-corrected chi connectivity index (χ3v) is 4.55. The van der Waals surface area contributed by atoms with Gasteiger partial charge in [-0.3, -0.25) is 0 Å². The highest BCUT2D eigenvalue weighted by atomic mass is 15.5. The molecule has 1 heterocycles. The van der Waals surface area contributed by atoms with Crippen LogP contribution in [0.1, 0.15) is 38.2 Å². The second-order valence-electron chi connectivity index (χ2n) is 6.26. The Labute approximate surface area is 125 Å². The number of anilines is 1. The van der Waals surface area contributed by atoms with Gasteiger partial charge in [0.05, 0.1) is 5.69 Å². The summed E-state index contributed by atoms with van der Waals surface area (Å²) in [4.78, 5) is 0. The quantitative estimate of drug-likeness (QED) is 0.937. The number of hydrogen-bond donors (Lipinski definition) is 1. The summed E-state index contributed by atoms with van der Waals surface area (Å²) in [6, 6.07) is 6.28. The molecule has 0 aliphatic heterocycles. The molecule has 1 aromatic heterocycles. The van der Waals surface area contributed by atoms with Crippen LogP contribution in [0.2, 0.25) is 0 Å². The first-order valence-corrected chi connectivity index (χ1v) is 7.80. The van der Waals surface area contributed by atoms with Gasteiger partial charge in [-0.05, 0) is 59.7 Å². The van der Waals surface area contributed by atoms with Crippen LogP contribution in [0.15, 0.2) is 24.5 Å². The summed E-state index contributed by atoms with van der Waals surface area (Å²) in [6.07, 6.45) is 7.06. The van der Waals surface area contributed by atoms with E-state index in [1.807, 2.05) is 6.07 Å². The van der Waals surface area contributed by atoms with Gasteiger partial charge in [-0.25, -0.2) is 4.68 Å². The fourth-order valence-electron chi connectivity index (χ4n) is 3.01. The van der Waals surface area contributed by atoms with Gasteiger partial charge in [0.2, 0.25) is 0 Å². The van der Waals surface area contributed by atoms with Crippen molar-refractivity contribution in [2.24, 2.45) is 11.8 Å². The maximum absolute atomic E-state index is 3.94. The lowest BCUT2D eigenvalue weighted by molar-refractivity contribution is 0.300. The predicted octanol–water partition coefficient (Wildman–Crippen LogP) is 3.21. The molecule has 1 N–H and O–H groups in total. The minimum absolute atomic E-state index is 0.803. The van der Waals surface area contributed by atoms with Crippen LogP contribution in [0.25, 0.3) is 5.69 Å². The van der Waals surface area contributed by atoms with Crippen molar-refractivity contribution in [1.29, 1.82) is 0 Å². The largest absolute Gasteiger partial charge is 0.384 e. The van der Waals surface area contributed by atoms with Crippen molar-refractivity contribution < 1.29 is 0 Å². The lowest BCUT2D eigenvalue weighted by atomic mass is 9.83. The van der Waals surface area contributed by atoms with Gasteiger partial charge in [-0.15, -0.1) is 5.10 Å². The molecule has 112 valence electrons. The second-order valence-corrected chi connectivity index (χ2v) is 6.26. The Morgan fingerprint density at radius 1 is 1.24 bits per heavy atom. The van der Waals surface area contributed by atoms with E-state index in [0.717, 1.165) is 24.1 Å². The molecule has 0 spiro atoms. The van der Waals surface area contributed by atoms with Crippen molar-refractivity contribution in [3.63, 3.8) is 0 Å². The zero-order valence-electron chi connectivity index (χ0n) is 12.8. The molecule has 0 atom stereocenters. The summed E-state index contributed by atoms with van der Waals surface area (Å²) < 4.78 is 1.69. The molecule has 1 aromatic carbocycles. The van der Waals surface area contributed by atoms with Gasteiger partial charge >= 0.3 is 0 Å². The van der Waals surface area contributed by atoms with Gasteiger partial charge in [0, 0.05) is 12.2 Å². The first-order valence-electron chi connectivity index (χ1n) is 7.80. The topological polar surface area (TPSA) is 55.6 Å². The number of tetrazole rings is 1.